The Labute approximate surface area is 115 Å². The highest BCUT2D eigenvalue weighted by Crippen LogP contribution is 2.37. The molecule has 1 heteroatoms. The van der Waals surface area contributed by atoms with Crippen LogP contribution < -0.4 is 5.32 Å². The van der Waals surface area contributed by atoms with Crippen molar-refractivity contribution in [2.45, 2.75) is 72.6 Å². The highest BCUT2D eigenvalue weighted by Gasteiger charge is 2.28. The number of unbranched alkanes of at least 4 members (excludes halogenated alkanes) is 1. The Morgan fingerprint density at radius 3 is 2.50 bits per heavy atom. The first-order valence-electron chi connectivity index (χ1n) is 8.38. The fourth-order valence-electron chi connectivity index (χ4n) is 3.44. The van der Waals surface area contributed by atoms with Gasteiger partial charge in [-0.25, -0.2) is 0 Å². The van der Waals surface area contributed by atoms with E-state index in [-0.39, 0.29) is 0 Å². The molecule has 1 saturated carbocycles. The van der Waals surface area contributed by atoms with Gasteiger partial charge in [-0.15, -0.1) is 0 Å². The van der Waals surface area contributed by atoms with E-state index in [1.54, 1.807) is 0 Å². The Morgan fingerprint density at radius 2 is 1.89 bits per heavy atom. The lowest BCUT2D eigenvalue weighted by Gasteiger charge is -2.36. The highest BCUT2D eigenvalue weighted by atomic mass is 14.9. The summed E-state index contributed by atoms with van der Waals surface area (Å²) in [4.78, 5) is 0. The summed E-state index contributed by atoms with van der Waals surface area (Å²) in [5.41, 5.74) is 0. The van der Waals surface area contributed by atoms with Gasteiger partial charge in [0.1, 0.15) is 0 Å². The van der Waals surface area contributed by atoms with E-state index in [1.165, 1.54) is 58.0 Å². The Morgan fingerprint density at radius 1 is 1.11 bits per heavy atom. The van der Waals surface area contributed by atoms with Crippen LogP contribution in [0.15, 0.2) is 0 Å². The van der Waals surface area contributed by atoms with E-state index < -0.39 is 0 Å². The van der Waals surface area contributed by atoms with E-state index in [0.717, 1.165) is 23.7 Å². The molecule has 18 heavy (non-hydrogen) atoms. The van der Waals surface area contributed by atoms with E-state index >= 15 is 0 Å². The van der Waals surface area contributed by atoms with Crippen LogP contribution in [0.5, 0.6) is 0 Å². The molecule has 0 radical (unpaired) electrons. The first-order valence-corrected chi connectivity index (χ1v) is 8.38. The van der Waals surface area contributed by atoms with Crippen LogP contribution >= 0.6 is 0 Å². The summed E-state index contributed by atoms with van der Waals surface area (Å²) >= 11 is 0. The first-order chi connectivity index (χ1) is 8.67. The molecule has 1 rings (SSSR count). The average Bonchev–Trinajstić information content (AvgIpc) is 2.36. The lowest BCUT2D eigenvalue weighted by Crippen LogP contribution is -2.34. The topological polar surface area (TPSA) is 12.0 Å². The summed E-state index contributed by atoms with van der Waals surface area (Å²) in [6.07, 6.45) is 10.1. The third-order valence-corrected chi connectivity index (χ3v) is 4.71. The predicted octanol–water partition coefficient (Wildman–Crippen LogP) is 4.86. The van der Waals surface area contributed by atoms with Gasteiger partial charge < -0.3 is 5.32 Å². The molecular formula is C17H35N. The van der Waals surface area contributed by atoms with Gasteiger partial charge in [0.2, 0.25) is 0 Å². The zero-order valence-corrected chi connectivity index (χ0v) is 13.2. The summed E-state index contributed by atoms with van der Waals surface area (Å²) in [6, 6.07) is 0. The van der Waals surface area contributed by atoms with E-state index in [0.29, 0.717) is 0 Å². The monoisotopic (exact) mass is 253 g/mol. The highest BCUT2D eigenvalue weighted by molar-refractivity contribution is 4.81. The Hall–Kier alpha value is -0.0400. The maximum Gasteiger partial charge on any atom is -0.00178 e. The minimum Gasteiger partial charge on any atom is -0.316 e. The van der Waals surface area contributed by atoms with Crippen molar-refractivity contribution in [3.8, 4) is 0 Å². The summed E-state index contributed by atoms with van der Waals surface area (Å²) in [7, 11) is 0. The zero-order valence-electron chi connectivity index (χ0n) is 13.2. The van der Waals surface area contributed by atoms with Gasteiger partial charge in [-0.05, 0) is 49.6 Å². The van der Waals surface area contributed by atoms with Crippen molar-refractivity contribution in [3.05, 3.63) is 0 Å². The molecule has 0 bridgehead atoms. The summed E-state index contributed by atoms with van der Waals surface area (Å²) in [5.74, 6) is 3.76. The van der Waals surface area contributed by atoms with Crippen LogP contribution in [0.2, 0.25) is 0 Å². The maximum absolute atomic E-state index is 3.69. The van der Waals surface area contributed by atoms with E-state index in [2.05, 4.69) is 33.0 Å². The number of rotatable bonds is 8. The fourth-order valence-corrected chi connectivity index (χ4v) is 3.44. The Bertz CT molecular complexity index is 200. The van der Waals surface area contributed by atoms with Crippen LogP contribution in [0.25, 0.3) is 0 Å². The zero-order chi connectivity index (χ0) is 13.4. The van der Waals surface area contributed by atoms with Crippen LogP contribution in [0.1, 0.15) is 72.6 Å². The largest absolute Gasteiger partial charge is 0.316 e. The van der Waals surface area contributed by atoms with Gasteiger partial charge in [0.25, 0.3) is 0 Å². The van der Waals surface area contributed by atoms with Crippen LogP contribution in [-0.4, -0.2) is 13.1 Å². The molecule has 3 unspecified atom stereocenters. The second-order valence-corrected chi connectivity index (χ2v) is 6.80. The van der Waals surface area contributed by atoms with Crippen LogP contribution in [0.3, 0.4) is 0 Å². The molecule has 1 N–H and O–H groups in total. The third kappa shape index (κ3) is 5.73. The van der Waals surface area contributed by atoms with Gasteiger partial charge in [-0.3, -0.25) is 0 Å². The van der Waals surface area contributed by atoms with Crippen molar-refractivity contribution in [2.75, 3.05) is 13.1 Å². The van der Waals surface area contributed by atoms with E-state index in [9.17, 15) is 0 Å². The molecule has 0 aliphatic heterocycles. The van der Waals surface area contributed by atoms with Crippen molar-refractivity contribution < 1.29 is 0 Å². The molecule has 0 saturated heterocycles. The van der Waals surface area contributed by atoms with Crippen molar-refractivity contribution in [1.82, 2.24) is 5.32 Å². The minimum absolute atomic E-state index is 0.783. The van der Waals surface area contributed by atoms with Crippen LogP contribution in [0.4, 0.5) is 0 Å². The molecule has 0 aromatic heterocycles. The maximum atomic E-state index is 3.69. The minimum atomic E-state index is 0.783. The molecule has 1 aliphatic rings. The molecule has 108 valence electrons. The third-order valence-electron chi connectivity index (χ3n) is 4.71. The molecular weight excluding hydrogens is 218 g/mol. The van der Waals surface area contributed by atoms with Crippen molar-refractivity contribution >= 4 is 0 Å². The van der Waals surface area contributed by atoms with Crippen molar-refractivity contribution in [3.63, 3.8) is 0 Å². The van der Waals surface area contributed by atoms with Gasteiger partial charge in [0.05, 0.1) is 0 Å². The average molecular weight is 253 g/mol. The molecule has 1 fully saturated rings. The summed E-state index contributed by atoms with van der Waals surface area (Å²) < 4.78 is 0. The number of nitrogens with one attached hydrogen (secondary N) is 1. The standard InChI is InChI=1S/C17H35N/c1-5-7-8-16-11-15(6-2)9-10-17(16)13-18-12-14(3)4/h14-18H,5-13H2,1-4H3. The van der Waals surface area contributed by atoms with Gasteiger partial charge in [-0.1, -0.05) is 59.8 Å². The van der Waals surface area contributed by atoms with Crippen LogP contribution in [0, 0.1) is 23.7 Å². The Balaban J connectivity index is 2.36. The van der Waals surface area contributed by atoms with Gasteiger partial charge >= 0.3 is 0 Å². The number of hydrogen-bond acceptors (Lipinski definition) is 1. The summed E-state index contributed by atoms with van der Waals surface area (Å²) in [5, 5.41) is 3.69. The SMILES string of the molecule is CCCCC1CC(CC)CCC1CNCC(C)C. The Kier molecular flexibility index (Phi) is 7.97. The predicted molar refractivity (Wildman–Crippen MR) is 81.8 cm³/mol. The fraction of sp³-hybridized carbons (Fsp3) is 1.00. The van der Waals surface area contributed by atoms with E-state index in [1.807, 2.05) is 0 Å². The lowest BCUT2D eigenvalue weighted by molar-refractivity contribution is 0.160. The van der Waals surface area contributed by atoms with Gasteiger partial charge in [-0.2, -0.15) is 0 Å². The van der Waals surface area contributed by atoms with Crippen LogP contribution in [-0.2, 0) is 0 Å². The lowest BCUT2D eigenvalue weighted by atomic mass is 9.71. The molecule has 0 aromatic carbocycles. The molecule has 1 nitrogen and oxygen atoms in total. The van der Waals surface area contributed by atoms with E-state index in [4.69, 9.17) is 0 Å². The number of hydrogen-bond donors (Lipinski definition) is 1. The first kappa shape index (κ1) is 16.0. The normalized spacial score (nSPS) is 28.8. The smallest absolute Gasteiger partial charge is 0.00178 e. The van der Waals surface area contributed by atoms with Gasteiger partial charge in [0, 0.05) is 0 Å². The summed E-state index contributed by atoms with van der Waals surface area (Å²) in [6.45, 7) is 11.8. The van der Waals surface area contributed by atoms with Crippen molar-refractivity contribution in [2.24, 2.45) is 23.7 Å². The second kappa shape index (κ2) is 8.96. The molecule has 0 amide bonds. The molecule has 0 aromatic rings. The molecule has 1 aliphatic carbocycles. The second-order valence-electron chi connectivity index (χ2n) is 6.80. The molecule has 0 spiro atoms. The van der Waals surface area contributed by atoms with Crippen molar-refractivity contribution in [1.29, 1.82) is 0 Å². The molecule has 0 heterocycles. The van der Waals surface area contributed by atoms with Gasteiger partial charge in [0.15, 0.2) is 0 Å². The quantitative estimate of drug-likeness (QED) is 0.651. The molecule has 3 atom stereocenters.